The molecule has 2 aliphatic carbocycles. The van der Waals surface area contributed by atoms with Gasteiger partial charge in [-0.15, -0.1) is 0 Å². The van der Waals surface area contributed by atoms with Gasteiger partial charge < -0.3 is 5.32 Å². The number of amides is 1. The van der Waals surface area contributed by atoms with E-state index in [4.69, 9.17) is 9.97 Å². The van der Waals surface area contributed by atoms with Crippen LogP contribution in [-0.2, 0) is 17.6 Å². The van der Waals surface area contributed by atoms with Crippen LogP contribution < -0.4 is 5.32 Å². The number of carbonyl (C=O) groups excluding carboxylic acids is 1. The highest BCUT2D eigenvalue weighted by Crippen LogP contribution is 2.35. The third kappa shape index (κ3) is 3.87. The van der Waals surface area contributed by atoms with Crippen LogP contribution in [0.25, 0.3) is 22.5 Å². The average molecular weight is 398 g/mol. The summed E-state index contributed by atoms with van der Waals surface area (Å²) in [5.74, 6) is 1.15. The Bertz CT molecular complexity index is 1060. The lowest BCUT2D eigenvalue weighted by Crippen LogP contribution is -2.20. The first-order chi connectivity index (χ1) is 14.8. The van der Waals surface area contributed by atoms with Crippen molar-refractivity contribution in [3.63, 3.8) is 0 Å². The maximum absolute atomic E-state index is 12.9. The molecule has 1 N–H and O–H groups in total. The Hall–Kier alpha value is -3.01. The summed E-state index contributed by atoms with van der Waals surface area (Å²) in [6, 6.07) is 18.5. The molecule has 0 aliphatic heterocycles. The Morgan fingerprint density at radius 2 is 1.63 bits per heavy atom. The molecule has 3 aromatic rings. The first-order valence-corrected chi connectivity index (χ1v) is 11.1. The molecule has 0 spiro atoms. The van der Waals surface area contributed by atoms with E-state index >= 15 is 0 Å². The van der Waals surface area contributed by atoms with Crippen LogP contribution in [0.15, 0.2) is 54.6 Å². The van der Waals surface area contributed by atoms with Crippen LogP contribution in [0.1, 0.15) is 49.8 Å². The zero-order valence-electron chi connectivity index (χ0n) is 17.2. The normalized spacial score (nSPS) is 15.9. The van der Waals surface area contributed by atoms with Gasteiger partial charge in [0, 0.05) is 17.5 Å². The molecule has 1 amide bonds. The van der Waals surface area contributed by atoms with Crippen molar-refractivity contribution in [1.82, 2.24) is 9.97 Å². The number of nitrogens with one attached hydrogen (secondary N) is 1. The van der Waals surface area contributed by atoms with Crippen LogP contribution in [0.5, 0.6) is 0 Å². The minimum Gasteiger partial charge on any atom is -0.309 e. The summed E-state index contributed by atoms with van der Waals surface area (Å²) in [6.45, 7) is 0. The fourth-order valence-corrected chi connectivity index (χ4v) is 4.80. The Morgan fingerprint density at radius 1 is 0.867 bits per heavy atom. The summed E-state index contributed by atoms with van der Waals surface area (Å²) in [5, 5.41) is 3.12. The molecule has 1 heterocycles. The molecule has 1 aromatic heterocycles. The molecule has 2 aliphatic rings. The number of benzene rings is 2. The molecule has 4 nitrogen and oxygen atoms in total. The highest BCUT2D eigenvalue weighted by atomic mass is 16.1. The maximum Gasteiger partial charge on any atom is 0.225 e. The zero-order valence-corrected chi connectivity index (χ0v) is 17.2. The average Bonchev–Trinajstić information content (AvgIpc) is 2.79. The first-order valence-electron chi connectivity index (χ1n) is 11.1. The summed E-state index contributed by atoms with van der Waals surface area (Å²) in [5.41, 5.74) is 6.12. The van der Waals surface area contributed by atoms with E-state index in [1.54, 1.807) is 0 Å². The molecular formula is C26H27N3O. The van der Waals surface area contributed by atoms with Gasteiger partial charge in [-0.3, -0.25) is 4.79 Å². The SMILES string of the molecule is O=C(CC1CCCCC1)Nc1nc2c(nc1-c1ccccc1)-c1ccccc1CC2. The summed E-state index contributed by atoms with van der Waals surface area (Å²) in [6.07, 6.45) is 8.48. The summed E-state index contributed by atoms with van der Waals surface area (Å²) in [4.78, 5) is 22.8. The van der Waals surface area contributed by atoms with Crippen LogP contribution >= 0.6 is 0 Å². The fraction of sp³-hybridized carbons (Fsp3) is 0.346. The highest BCUT2D eigenvalue weighted by molar-refractivity contribution is 5.94. The van der Waals surface area contributed by atoms with Crippen LogP contribution in [0.4, 0.5) is 5.82 Å². The molecule has 0 unspecified atom stereocenters. The van der Waals surface area contributed by atoms with Crippen molar-refractivity contribution in [2.75, 3.05) is 5.32 Å². The fourth-order valence-electron chi connectivity index (χ4n) is 4.80. The number of anilines is 1. The second-order valence-electron chi connectivity index (χ2n) is 8.50. The number of aromatic nitrogens is 2. The number of fused-ring (bicyclic) bond motifs is 3. The largest absolute Gasteiger partial charge is 0.309 e. The van der Waals surface area contributed by atoms with Crippen molar-refractivity contribution >= 4 is 11.7 Å². The molecule has 0 atom stereocenters. The third-order valence-corrected chi connectivity index (χ3v) is 6.38. The second kappa shape index (κ2) is 8.39. The molecule has 1 saturated carbocycles. The predicted octanol–water partition coefficient (Wildman–Crippen LogP) is 5.82. The number of aryl methyl sites for hydroxylation is 2. The van der Waals surface area contributed by atoms with Crippen molar-refractivity contribution in [3.8, 4) is 22.5 Å². The summed E-state index contributed by atoms with van der Waals surface area (Å²) >= 11 is 0. The lowest BCUT2D eigenvalue weighted by atomic mass is 9.87. The van der Waals surface area contributed by atoms with Crippen LogP contribution in [0.3, 0.4) is 0 Å². The third-order valence-electron chi connectivity index (χ3n) is 6.38. The number of nitrogens with zero attached hydrogens (tertiary/aromatic N) is 2. The van der Waals surface area contributed by atoms with Crippen LogP contribution in [0.2, 0.25) is 0 Å². The topological polar surface area (TPSA) is 54.9 Å². The minimum absolute atomic E-state index is 0.0598. The Kier molecular flexibility index (Phi) is 5.31. The monoisotopic (exact) mass is 397 g/mol. The molecule has 1 fully saturated rings. The number of carbonyl (C=O) groups is 1. The van der Waals surface area contributed by atoms with E-state index in [0.717, 1.165) is 53.9 Å². The van der Waals surface area contributed by atoms with E-state index < -0.39 is 0 Å². The Labute approximate surface area is 177 Å². The molecule has 0 bridgehead atoms. The molecular weight excluding hydrogens is 370 g/mol. The second-order valence-corrected chi connectivity index (χ2v) is 8.50. The molecule has 30 heavy (non-hydrogen) atoms. The van der Waals surface area contributed by atoms with Gasteiger partial charge in [-0.05, 0) is 37.2 Å². The minimum atomic E-state index is 0.0598. The van der Waals surface area contributed by atoms with Gasteiger partial charge in [-0.25, -0.2) is 9.97 Å². The predicted molar refractivity (Wildman–Crippen MR) is 120 cm³/mol. The quantitative estimate of drug-likeness (QED) is 0.604. The van der Waals surface area contributed by atoms with Gasteiger partial charge in [0.15, 0.2) is 5.82 Å². The molecule has 0 radical (unpaired) electrons. The molecule has 0 saturated heterocycles. The standard InChI is InChI=1S/C26H27N3O/c30-23(17-18-9-3-1-4-10-18)28-26-24(20-12-5-2-6-13-20)29-25-21-14-8-7-11-19(21)15-16-22(25)27-26/h2,5-8,11-14,18H,1,3-4,9-10,15-17H2,(H,27,28,30). The van der Waals surface area contributed by atoms with Crippen molar-refractivity contribution in [3.05, 3.63) is 65.9 Å². The van der Waals surface area contributed by atoms with Crippen molar-refractivity contribution in [2.24, 2.45) is 5.92 Å². The number of hydrogen-bond acceptors (Lipinski definition) is 3. The van der Waals surface area contributed by atoms with Crippen molar-refractivity contribution < 1.29 is 4.79 Å². The number of hydrogen-bond donors (Lipinski definition) is 1. The van der Waals surface area contributed by atoms with Gasteiger partial charge in [0.1, 0.15) is 5.69 Å². The smallest absolute Gasteiger partial charge is 0.225 e. The van der Waals surface area contributed by atoms with Crippen LogP contribution in [0, 0.1) is 5.92 Å². The van der Waals surface area contributed by atoms with Crippen molar-refractivity contribution in [1.29, 1.82) is 0 Å². The van der Waals surface area contributed by atoms with E-state index in [1.165, 1.54) is 24.8 Å². The maximum atomic E-state index is 12.9. The molecule has 5 rings (SSSR count). The van der Waals surface area contributed by atoms with Gasteiger partial charge in [0.05, 0.1) is 11.4 Å². The zero-order chi connectivity index (χ0) is 20.3. The lowest BCUT2D eigenvalue weighted by molar-refractivity contribution is -0.117. The van der Waals surface area contributed by atoms with Gasteiger partial charge in [0.25, 0.3) is 0 Å². The van der Waals surface area contributed by atoms with Gasteiger partial charge in [-0.1, -0.05) is 73.9 Å². The molecule has 152 valence electrons. The summed E-state index contributed by atoms with van der Waals surface area (Å²) in [7, 11) is 0. The molecule has 4 heteroatoms. The summed E-state index contributed by atoms with van der Waals surface area (Å²) < 4.78 is 0. The van der Waals surface area contributed by atoms with E-state index in [1.807, 2.05) is 30.3 Å². The Balaban J connectivity index is 1.51. The highest BCUT2D eigenvalue weighted by Gasteiger charge is 2.24. The van der Waals surface area contributed by atoms with Crippen molar-refractivity contribution in [2.45, 2.75) is 51.4 Å². The van der Waals surface area contributed by atoms with Gasteiger partial charge >= 0.3 is 0 Å². The molecule has 2 aromatic carbocycles. The van der Waals surface area contributed by atoms with E-state index in [2.05, 4.69) is 29.6 Å². The lowest BCUT2D eigenvalue weighted by Gasteiger charge is -2.22. The van der Waals surface area contributed by atoms with Gasteiger partial charge in [-0.2, -0.15) is 0 Å². The van der Waals surface area contributed by atoms with E-state index in [0.29, 0.717) is 18.2 Å². The first kappa shape index (κ1) is 19.0. The number of rotatable bonds is 4. The van der Waals surface area contributed by atoms with E-state index in [-0.39, 0.29) is 5.91 Å². The van der Waals surface area contributed by atoms with Gasteiger partial charge in [0.2, 0.25) is 5.91 Å². The van der Waals surface area contributed by atoms with E-state index in [9.17, 15) is 4.79 Å². The van der Waals surface area contributed by atoms with Crippen LogP contribution in [-0.4, -0.2) is 15.9 Å². The Morgan fingerprint density at radius 3 is 2.47 bits per heavy atom.